The third kappa shape index (κ3) is 1.24. The number of rotatable bonds is 0. The van der Waals surface area contributed by atoms with Gasteiger partial charge in [0.2, 0.25) is 5.71 Å². The highest BCUT2D eigenvalue weighted by Gasteiger charge is 2.18. The quantitative estimate of drug-likeness (QED) is 0.373. The lowest BCUT2D eigenvalue weighted by Gasteiger charge is -1.88. The highest BCUT2D eigenvalue weighted by Crippen LogP contribution is 2.13. The minimum atomic E-state index is 0. The van der Waals surface area contributed by atoms with E-state index in [9.17, 15) is 0 Å². The monoisotopic (exact) mass is 223 g/mol. The number of fused-ring (bicyclic) bond motifs is 1. The van der Waals surface area contributed by atoms with E-state index in [-0.39, 0.29) is 17.0 Å². The Bertz CT molecular complexity index is 365. The Labute approximate surface area is 80.5 Å². The van der Waals surface area contributed by atoms with Gasteiger partial charge in [0.25, 0.3) is 0 Å². The molecule has 12 heavy (non-hydrogen) atoms. The smallest absolute Gasteiger partial charge is 0.209 e. The van der Waals surface area contributed by atoms with Gasteiger partial charge in [0.1, 0.15) is 6.07 Å². The Morgan fingerprint density at radius 1 is 1.33 bits per heavy atom. The zero-order chi connectivity index (χ0) is 7.68. The first kappa shape index (κ1) is 8.91. The van der Waals surface area contributed by atoms with Gasteiger partial charge >= 0.3 is 0 Å². The number of hydrogen-bond donors (Lipinski definition) is 1. The molecule has 2 rings (SSSR count). The SMILES string of the molecule is N#CC1=N[NH2+]c2ccccc21.[Br-]. The first-order valence-corrected chi connectivity index (χ1v) is 3.32. The third-order valence-electron chi connectivity index (χ3n) is 1.65. The normalized spacial score (nSPS) is 12.4. The number of nitriles is 1. The standard InChI is InChI=1S/C8H5N3.BrH/c9-5-8-6-3-1-2-4-7(6)10-11-8;/h1-4H,(H,10,11);1H. The van der Waals surface area contributed by atoms with Gasteiger partial charge in [-0.15, -0.1) is 0 Å². The van der Waals surface area contributed by atoms with Crippen molar-refractivity contribution in [2.24, 2.45) is 5.10 Å². The molecule has 0 saturated heterocycles. The van der Waals surface area contributed by atoms with Crippen LogP contribution in [0.3, 0.4) is 0 Å². The molecule has 3 nitrogen and oxygen atoms in total. The molecule has 1 heterocycles. The Morgan fingerprint density at radius 3 is 2.83 bits per heavy atom. The van der Waals surface area contributed by atoms with Gasteiger partial charge in [0.05, 0.1) is 5.56 Å². The zero-order valence-corrected chi connectivity index (χ0v) is 7.75. The van der Waals surface area contributed by atoms with Gasteiger partial charge in [-0.3, -0.25) is 0 Å². The van der Waals surface area contributed by atoms with Crippen LogP contribution in [-0.2, 0) is 0 Å². The molecule has 0 fully saturated rings. The van der Waals surface area contributed by atoms with Gasteiger partial charge in [-0.05, 0) is 6.07 Å². The van der Waals surface area contributed by atoms with E-state index in [1.54, 1.807) is 5.43 Å². The minimum Gasteiger partial charge on any atom is -1.00 e. The molecule has 4 heteroatoms. The summed E-state index contributed by atoms with van der Waals surface area (Å²) in [5.41, 5.74) is 4.20. The van der Waals surface area contributed by atoms with Crippen molar-refractivity contribution in [3.8, 4) is 6.07 Å². The molecule has 0 aliphatic carbocycles. The molecule has 0 unspecified atom stereocenters. The van der Waals surface area contributed by atoms with E-state index in [1.807, 2.05) is 30.3 Å². The van der Waals surface area contributed by atoms with Crippen molar-refractivity contribution in [3.63, 3.8) is 0 Å². The van der Waals surface area contributed by atoms with Crippen molar-refractivity contribution < 1.29 is 22.4 Å². The molecule has 0 atom stereocenters. The van der Waals surface area contributed by atoms with Crippen LogP contribution < -0.4 is 22.4 Å². The third-order valence-corrected chi connectivity index (χ3v) is 1.65. The van der Waals surface area contributed by atoms with Crippen LogP contribution in [0.25, 0.3) is 0 Å². The molecular formula is C8H6BrN3. The van der Waals surface area contributed by atoms with Crippen LogP contribution in [0, 0.1) is 11.3 Å². The zero-order valence-electron chi connectivity index (χ0n) is 6.16. The van der Waals surface area contributed by atoms with E-state index in [0.29, 0.717) is 5.71 Å². The summed E-state index contributed by atoms with van der Waals surface area (Å²) < 4.78 is 0. The van der Waals surface area contributed by atoms with Gasteiger partial charge in [-0.2, -0.15) is 10.7 Å². The highest BCUT2D eigenvalue weighted by atomic mass is 79.9. The summed E-state index contributed by atoms with van der Waals surface area (Å²) in [5.74, 6) is 0. The number of benzene rings is 1. The van der Waals surface area contributed by atoms with Gasteiger partial charge in [0.15, 0.2) is 5.69 Å². The van der Waals surface area contributed by atoms with E-state index >= 15 is 0 Å². The summed E-state index contributed by atoms with van der Waals surface area (Å²) in [7, 11) is 0. The molecule has 0 spiro atoms. The van der Waals surface area contributed by atoms with Gasteiger partial charge in [0, 0.05) is 6.07 Å². The average Bonchev–Trinajstić information content (AvgIpc) is 2.47. The first-order valence-electron chi connectivity index (χ1n) is 3.32. The molecule has 1 aromatic rings. The lowest BCUT2D eigenvalue weighted by atomic mass is 10.1. The number of quaternary nitrogens is 1. The molecular weight excluding hydrogens is 218 g/mol. The summed E-state index contributed by atoms with van der Waals surface area (Å²) in [6, 6.07) is 9.73. The predicted octanol–water partition coefficient (Wildman–Crippen LogP) is -2.87. The average molecular weight is 224 g/mol. The van der Waals surface area contributed by atoms with Crippen molar-refractivity contribution in [2.75, 3.05) is 0 Å². The fourth-order valence-corrected chi connectivity index (χ4v) is 1.12. The van der Waals surface area contributed by atoms with Gasteiger partial charge in [-0.25, -0.2) is 0 Å². The second-order valence-electron chi connectivity index (χ2n) is 2.31. The second-order valence-corrected chi connectivity index (χ2v) is 2.31. The number of nitrogens with two attached hydrogens (primary N) is 1. The molecule has 0 radical (unpaired) electrons. The largest absolute Gasteiger partial charge is 1.00 e. The van der Waals surface area contributed by atoms with Crippen molar-refractivity contribution in [1.82, 2.24) is 0 Å². The molecule has 1 aromatic carbocycles. The molecule has 60 valence electrons. The van der Waals surface area contributed by atoms with Crippen LogP contribution in [0.4, 0.5) is 5.69 Å². The molecule has 0 saturated carbocycles. The van der Waals surface area contributed by atoms with E-state index in [1.165, 1.54) is 0 Å². The van der Waals surface area contributed by atoms with Crippen molar-refractivity contribution in [1.29, 1.82) is 5.26 Å². The predicted molar refractivity (Wildman–Crippen MR) is 40.2 cm³/mol. The fraction of sp³-hybridized carbons (Fsp3) is 0. The van der Waals surface area contributed by atoms with Crippen LogP contribution >= 0.6 is 0 Å². The van der Waals surface area contributed by atoms with E-state index < -0.39 is 0 Å². The van der Waals surface area contributed by atoms with Crippen LogP contribution in [0.15, 0.2) is 29.4 Å². The second kappa shape index (κ2) is 3.48. The Morgan fingerprint density at radius 2 is 2.08 bits per heavy atom. The van der Waals surface area contributed by atoms with Crippen LogP contribution in [0.5, 0.6) is 0 Å². The molecule has 0 aromatic heterocycles. The van der Waals surface area contributed by atoms with Crippen molar-refractivity contribution >= 4 is 11.4 Å². The maximum atomic E-state index is 8.61. The Hall–Kier alpha value is -1.18. The summed E-state index contributed by atoms with van der Waals surface area (Å²) in [6.07, 6.45) is 0. The van der Waals surface area contributed by atoms with Crippen LogP contribution in [-0.4, -0.2) is 5.71 Å². The van der Waals surface area contributed by atoms with E-state index in [2.05, 4.69) is 5.10 Å². The summed E-state index contributed by atoms with van der Waals surface area (Å²) in [5, 5.41) is 12.6. The topological polar surface area (TPSA) is 52.8 Å². The van der Waals surface area contributed by atoms with Crippen molar-refractivity contribution in [2.45, 2.75) is 0 Å². The molecule has 0 amide bonds. The summed E-state index contributed by atoms with van der Waals surface area (Å²) in [4.78, 5) is 0. The Balaban J connectivity index is 0.000000720. The van der Waals surface area contributed by atoms with Crippen LogP contribution in [0.1, 0.15) is 5.56 Å². The van der Waals surface area contributed by atoms with Crippen LogP contribution in [0.2, 0.25) is 0 Å². The lowest BCUT2D eigenvalue weighted by Crippen LogP contribution is -3.00. The van der Waals surface area contributed by atoms with Crippen molar-refractivity contribution in [3.05, 3.63) is 29.8 Å². The molecule has 1 aliphatic heterocycles. The Kier molecular flexibility index (Phi) is 2.58. The number of nitrogens with zero attached hydrogens (tertiary/aromatic N) is 2. The minimum absolute atomic E-state index is 0. The maximum Gasteiger partial charge on any atom is 0.209 e. The first-order chi connectivity index (χ1) is 5.42. The molecule has 0 bridgehead atoms. The van der Waals surface area contributed by atoms with E-state index in [4.69, 9.17) is 5.26 Å². The molecule has 2 N–H and O–H groups in total. The number of hydrogen-bond acceptors (Lipinski definition) is 2. The lowest BCUT2D eigenvalue weighted by molar-refractivity contribution is -0.573. The molecule has 1 aliphatic rings. The number of halogens is 1. The van der Waals surface area contributed by atoms with Gasteiger partial charge < -0.3 is 17.0 Å². The summed E-state index contributed by atoms with van der Waals surface area (Å²) in [6.45, 7) is 0. The summed E-state index contributed by atoms with van der Waals surface area (Å²) >= 11 is 0. The maximum absolute atomic E-state index is 8.61. The van der Waals surface area contributed by atoms with Gasteiger partial charge in [-0.1, -0.05) is 17.2 Å². The highest BCUT2D eigenvalue weighted by molar-refractivity contribution is 6.14. The fourth-order valence-electron chi connectivity index (χ4n) is 1.12. The van der Waals surface area contributed by atoms with E-state index in [0.717, 1.165) is 11.3 Å².